The van der Waals surface area contributed by atoms with E-state index in [9.17, 15) is 4.79 Å². The van der Waals surface area contributed by atoms with Crippen molar-refractivity contribution in [3.8, 4) is 5.75 Å². The van der Waals surface area contributed by atoms with Crippen molar-refractivity contribution >= 4 is 5.91 Å². The van der Waals surface area contributed by atoms with Crippen LogP contribution in [0.3, 0.4) is 0 Å². The molecule has 0 saturated carbocycles. The number of ether oxygens (including phenoxy) is 1. The number of aromatic nitrogens is 2. The summed E-state index contributed by atoms with van der Waals surface area (Å²) in [5.41, 5.74) is 1.42. The van der Waals surface area contributed by atoms with E-state index in [1.807, 2.05) is 30.3 Å². The quantitative estimate of drug-likeness (QED) is 0.838. The van der Waals surface area contributed by atoms with Crippen molar-refractivity contribution in [2.24, 2.45) is 0 Å². The number of amides is 1. The molecule has 0 fully saturated rings. The van der Waals surface area contributed by atoms with Gasteiger partial charge in [-0.05, 0) is 18.2 Å². The van der Waals surface area contributed by atoms with E-state index >= 15 is 0 Å². The average molecular weight is 257 g/mol. The number of carbonyl (C=O) groups excluding carboxylic acids is 1. The van der Waals surface area contributed by atoms with Gasteiger partial charge in [0.1, 0.15) is 23.7 Å². The summed E-state index contributed by atoms with van der Waals surface area (Å²) in [6.07, 6.45) is 0. The Morgan fingerprint density at radius 1 is 1.26 bits per heavy atom. The predicted molar refractivity (Wildman–Crippen MR) is 70.0 cm³/mol. The SMILES string of the molecule is CN1CCn2nc(COc3ccccc3)cc2C1=O. The van der Waals surface area contributed by atoms with Crippen LogP contribution in [0.15, 0.2) is 36.4 Å². The predicted octanol–water partition coefficient (Wildman–Crippen LogP) is 1.55. The maximum atomic E-state index is 11.9. The van der Waals surface area contributed by atoms with E-state index in [4.69, 9.17) is 4.74 Å². The van der Waals surface area contributed by atoms with Crippen LogP contribution in [-0.2, 0) is 13.2 Å². The first-order valence-corrected chi connectivity index (χ1v) is 6.24. The Morgan fingerprint density at radius 3 is 2.84 bits per heavy atom. The van der Waals surface area contributed by atoms with Crippen LogP contribution in [-0.4, -0.2) is 34.2 Å². The molecule has 1 aromatic carbocycles. The average Bonchev–Trinajstić information content (AvgIpc) is 2.86. The first-order chi connectivity index (χ1) is 9.24. The molecule has 1 aliphatic heterocycles. The number of carbonyl (C=O) groups is 1. The maximum absolute atomic E-state index is 11.9. The minimum absolute atomic E-state index is 0.0183. The number of fused-ring (bicyclic) bond motifs is 1. The van der Waals surface area contributed by atoms with Gasteiger partial charge in [-0.1, -0.05) is 18.2 Å². The van der Waals surface area contributed by atoms with Gasteiger partial charge < -0.3 is 9.64 Å². The Kier molecular flexibility index (Phi) is 2.95. The molecule has 0 bridgehead atoms. The number of hydrogen-bond donors (Lipinski definition) is 0. The molecular formula is C14H15N3O2. The number of para-hydroxylation sites is 1. The van der Waals surface area contributed by atoms with E-state index in [1.165, 1.54) is 0 Å². The highest BCUT2D eigenvalue weighted by Crippen LogP contribution is 2.15. The van der Waals surface area contributed by atoms with E-state index in [0.29, 0.717) is 18.8 Å². The molecule has 0 saturated heterocycles. The van der Waals surface area contributed by atoms with Gasteiger partial charge in [0.2, 0.25) is 0 Å². The summed E-state index contributed by atoms with van der Waals surface area (Å²) in [4.78, 5) is 13.6. The summed E-state index contributed by atoms with van der Waals surface area (Å²) in [6, 6.07) is 11.4. The van der Waals surface area contributed by atoms with Crippen molar-refractivity contribution in [1.29, 1.82) is 0 Å². The summed E-state index contributed by atoms with van der Waals surface area (Å²) in [5, 5.41) is 4.39. The van der Waals surface area contributed by atoms with Gasteiger partial charge in [0.15, 0.2) is 0 Å². The highest BCUT2D eigenvalue weighted by Gasteiger charge is 2.23. The van der Waals surface area contributed by atoms with Gasteiger partial charge in [-0.3, -0.25) is 9.48 Å². The fourth-order valence-electron chi connectivity index (χ4n) is 2.10. The topological polar surface area (TPSA) is 47.4 Å². The lowest BCUT2D eigenvalue weighted by molar-refractivity contribution is 0.0742. The zero-order valence-electron chi connectivity index (χ0n) is 10.7. The van der Waals surface area contributed by atoms with E-state index in [0.717, 1.165) is 18.0 Å². The summed E-state index contributed by atoms with van der Waals surface area (Å²) in [5.74, 6) is 0.821. The highest BCUT2D eigenvalue weighted by molar-refractivity contribution is 5.93. The van der Waals surface area contributed by atoms with Crippen LogP contribution in [0.2, 0.25) is 0 Å². The number of likely N-dealkylation sites (N-methyl/N-ethyl adjacent to an activating group) is 1. The molecule has 0 unspecified atom stereocenters. The molecule has 5 nitrogen and oxygen atoms in total. The van der Waals surface area contributed by atoms with Gasteiger partial charge in [0.25, 0.3) is 5.91 Å². The zero-order valence-corrected chi connectivity index (χ0v) is 10.7. The summed E-state index contributed by atoms with van der Waals surface area (Å²) < 4.78 is 7.39. The first kappa shape index (κ1) is 11.8. The van der Waals surface area contributed by atoms with Crippen molar-refractivity contribution in [2.75, 3.05) is 13.6 Å². The minimum atomic E-state index is 0.0183. The second-order valence-corrected chi connectivity index (χ2v) is 4.57. The lowest BCUT2D eigenvalue weighted by Crippen LogP contribution is -2.37. The summed E-state index contributed by atoms with van der Waals surface area (Å²) in [7, 11) is 1.80. The third kappa shape index (κ3) is 2.31. The third-order valence-electron chi connectivity index (χ3n) is 3.17. The van der Waals surface area contributed by atoms with Crippen molar-refractivity contribution in [1.82, 2.24) is 14.7 Å². The van der Waals surface area contributed by atoms with Crippen LogP contribution in [0.25, 0.3) is 0 Å². The maximum Gasteiger partial charge on any atom is 0.271 e. The third-order valence-corrected chi connectivity index (χ3v) is 3.17. The van der Waals surface area contributed by atoms with Gasteiger partial charge in [-0.25, -0.2) is 0 Å². The molecule has 0 aliphatic carbocycles. The van der Waals surface area contributed by atoms with E-state index in [1.54, 1.807) is 22.7 Å². The Hall–Kier alpha value is -2.30. The molecule has 5 heteroatoms. The smallest absolute Gasteiger partial charge is 0.271 e. The monoisotopic (exact) mass is 257 g/mol. The molecule has 1 aromatic heterocycles. The van der Waals surface area contributed by atoms with Crippen molar-refractivity contribution < 1.29 is 9.53 Å². The molecule has 2 aromatic rings. The number of benzene rings is 1. The molecule has 0 atom stereocenters. The van der Waals surface area contributed by atoms with Gasteiger partial charge >= 0.3 is 0 Å². The van der Waals surface area contributed by atoms with Gasteiger partial charge in [0.05, 0.1) is 6.54 Å². The molecule has 98 valence electrons. The van der Waals surface area contributed by atoms with Crippen molar-refractivity contribution in [3.63, 3.8) is 0 Å². The van der Waals surface area contributed by atoms with Crippen LogP contribution < -0.4 is 4.74 Å². The first-order valence-electron chi connectivity index (χ1n) is 6.24. The Morgan fingerprint density at radius 2 is 2.05 bits per heavy atom. The molecular weight excluding hydrogens is 242 g/mol. The second-order valence-electron chi connectivity index (χ2n) is 4.57. The van der Waals surface area contributed by atoms with Crippen LogP contribution >= 0.6 is 0 Å². The molecule has 0 spiro atoms. The molecule has 0 N–H and O–H groups in total. The highest BCUT2D eigenvalue weighted by atomic mass is 16.5. The Bertz CT molecular complexity index is 592. The van der Waals surface area contributed by atoms with Crippen molar-refractivity contribution in [3.05, 3.63) is 47.8 Å². The lowest BCUT2D eigenvalue weighted by atomic mass is 10.3. The Labute approximate surface area is 111 Å². The van der Waals surface area contributed by atoms with Crippen LogP contribution in [0.4, 0.5) is 0 Å². The van der Waals surface area contributed by atoms with Crippen LogP contribution in [0.1, 0.15) is 16.2 Å². The molecule has 1 amide bonds. The van der Waals surface area contributed by atoms with Gasteiger partial charge in [-0.2, -0.15) is 5.10 Å². The fourth-order valence-corrected chi connectivity index (χ4v) is 2.10. The molecule has 3 rings (SSSR count). The molecule has 19 heavy (non-hydrogen) atoms. The van der Waals surface area contributed by atoms with Crippen LogP contribution in [0.5, 0.6) is 5.75 Å². The summed E-state index contributed by atoms with van der Waals surface area (Å²) >= 11 is 0. The lowest BCUT2D eigenvalue weighted by Gasteiger charge is -2.22. The fraction of sp³-hybridized carbons (Fsp3) is 0.286. The van der Waals surface area contributed by atoms with Crippen LogP contribution in [0, 0.1) is 0 Å². The van der Waals surface area contributed by atoms with Crippen molar-refractivity contribution in [2.45, 2.75) is 13.2 Å². The molecule has 1 aliphatic rings. The zero-order chi connectivity index (χ0) is 13.2. The molecule has 0 radical (unpaired) electrons. The number of hydrogen-bond acceptors (Lipinski definition) is 3. The Balaban J connectivity index is 1.73. The second kappa shape index (κ2) is 4.76. The van der Waals surface area contributed by atoms with E-state index < -0.39 is 0 Å². The standard InChI is InChI=1S/C14H15N3O2/c1-16-7-8-17-13(14(16)18)9-11(15-17)10-19-12-5-3-2-4-6-12/h2-6,9H,7-8,10H2,1H3. The minimum Gasteiger partial charge on any atom is -0.487 e. The van der Waals surface area contributed by atoms with Gasteiger partial charge in [0, 0.05) is 13.6 Å². The van der Waals surface area contributed by atoms with E-state index in [-0.39, 0.29) is 5.91 Å². The van der Waals surface area contributed by atoms with Gasteiger partial charge in [-0.15, -0.1) is 0 Å². The number of nitrogens with zero attached hydrogens (tertiary/aromatic N) is 3. The number of rotatable bonds is 3. The molecule has 2 heterocycles. The van der Waals surface area contributed by atoms with E-state index in [2.05, 4.69) is 5.10 Å². The summed E-state index contributed by atoms with van der Waals surface area (Å²) in [6.45, 7) is 1.82. The largest absolute Gasteiger partial charge is 0.487 e. The normalized spacial score (nSPS) is 14.4.